The van der Waals surface area contributed by atoms with E-state index in [9.17, 15) is 0 Å². The summed E-state index contributed by atoms with van der Waals surface area (Å²) in [6.07, 6.45) is 4.56. The van der Waals surface area contributed by atoms with E-state index in [0.29, 0.717) is 0 Å². The molecule has 4 N–H and O–H groups in total. The third-order valence-corrected chi connectivity index (χ3v) is 5.18. The van der Waals surface area contributed by atoms with E-state index in [4.69, 9.17) is 11.7 Å². The molecule has 26 heavy (non-hydrogen) atoms. The molecule has 2 aromatic heterocycles. The van der Waals surface area contributed by atoms with Crippen LogP contribution in [0.4, 0.5) is 5.69 Å². The lowest BCUT2D eigenvalue weighted by molar-refractivity contribution is 0.639. The van der Waals surface area contributed by atoms with Crippen LogP contribution in [0.3, 0.4) is 0 Å². The van der Waals surface area contributed by atoms with Crippen molar-refractivity contribution in [3.8, 4) is 11.1 Å². The second-order valence-electron chi connectivity index (χ2n) is 6.68. The van der Waals surface area contributed by atoms with Gasteiger partial charge >= 0.3 is 0 Å². The van der Waals surface area contributed by atoms with Crippen molar-refractivity contribution < 1.29 is 0 Å². The molecule has 1 aliphatic heterocycles. The van der Waals surface area contributed by atoms with Crippen LogP contribution in [-0.4, -0.2) is 9.66 Å². The van der Waals surface area contributed by atoms with E-state index in [1.54, 1.807) is 10.9 Å². The van der Waals surface area contributed by atoms with Gasteiger partial charge in [0.25, 0.3) is 0 Å². The molecule has 5 rings (SSSR count). The molecule has 0 bridgehead atoms. The number of benzene rings is 2. The van der Waals surface area contributed by atoms with E-state index < -0.39 is 0 Å². The zero-order chi connectivity index (χ0) is 17.7. The first-order valence-electron chi connectivity index (χ1n) is 8.66. The first-order chi connectivity index (χ1) is 12.7. The van der Waals surface area contributed by atoms with E-state index in [1.165, 1.54) is 5.56 Å². The lowest BCUT2D eigenvalue weighted by Gasteiger charge is -2.29. The number of para-hydroxylation sites is 1. The lowest BCUT2D eigenvalue weighted by Crippen LogP contribution is -2.36. The molecule has 0 fully saturated rings. The number of nitrogens with two attached hydrogens (primary N) is 2. The second kappa shape index (κ2) is 5.61. The molecule has 0 radical (unpaired) electrons. The Morgan fingerprint density at radius 3 is 2.50 bits per heavy atom. The minimum atomic E-state index is -0.0312. The molecule has 5 heteroatoms. The van der Waals surface area contributed by atoms with Crippen LogP contribution in [0.2, 0.25) is 0 Å². The zero-order valence-electron chi connectivity index (χ0n) is 14.2. The highest BCUT2D eigenvalue weighted by Crippen LogP contribution is 2.44. The average Bonchev–Trinajstić information content (AvgIpc) is 2.99. The van der Waals surface area contributed by atoms with Crippen LogP contribution in [0.15, 0.2) is 73.1 Å². The fourth-order valence-electron chi connectivity index (χ4n) is 3.97. The molecule has 0 saturated heterocycles. The van der Waals surface area contributed by atoms with Gasteiger partial charge in [0.05, 0.1) is 11.7 Å². The summed E-state index contributed by atoms with van der Waals surface area (Å²) >= 11 is 0. The van der Waals surface area contributed by atoms with Gasteiger partial charge in [-0.15, -0.1) is 0 Å². The van der Waals surface area contributed by atoms with E-state index >= 15 is 0 Å². The number of hydrogen-bond donors (Lipinski definition) is 2. The molecular weight excluding hydrogens is 322 g/mol. The van der Waals surface area contributed by atoms with Crippen LogP contribution < -0.4 is 16.7 Å². The number of hydrazine groups is 1. The van der Waals surface area contributed by atoms with Crippen LogP contribution in [0.5, 0.6) is 0 Å². The Bertz CT molecular complexity index is 1100. The third kappa shape index (κ3) is 2.11. The van der Waals surface area contributed by atoms with Crippen molar-refractivity contribution >= 4 is 16.7 Å². The van der Waals surface area contributed by atoms with Gasteiger partial charge in [-0.05, 0) is 29.7 Å². The van der Waals surface area contributed by atoms with E-state index in [1.807, 2.05) is 35.5 Å². The van der Waals surface area contributed by atoms with Crippen molar-refractivity contribution in [3.63, 3.8) is 0 Å². The van der Waals surface area contributed by atoms with Crippen molar-refractivity contribution in [2.24, 2.45) is 5.84 Å². The van der Waals surface area contributed by atoms with Gasteiger partial charge in [-0.2, -0.15) is 0 Å². The summed E-state index contributed by atoms with van der Waals surface area (Å²) in [5, 5.41) is 2.95. The number of pyridine rings is 1. The number of hydrogen-bond acceptors (Lipinski definition) is 4. The maximum absolute atomic E-state index is 6.67. The number of rotatable bonds is 2. The largest absolute Gasteiger partial charge is 0.338 e. The SMILES string of the molecule is NN1c2ccccc2-c2ccnc3c2c(cn3N)C1Cc1ccccc1. The minimum Gasteiger partial charge on any atom is -0.338 e. The van der Waals surface area contributed by atoms with Gasteiger partial charge in [-0.25, -0.2) is 10.8 Å². The highest BCUT2D eigenvalue weighted by Gasteiger charge is 2.30. The van der Waals surface area contributed by atoms with Gasteiger partial charge in [-0.1, -0.05) is 48.5 Å². The summed E-state index contributed by atoms with van der Waals surface area (Å²) in [6.45, 7) is 0. The zero-order valence-corrected chi connectivity index (χ0v) is 14.2. The third-order valence-electron chi connectivity index (χ3n) is 5.18. The van der Waals surface area contributed by atoms with Crippen molar-refractivity contribution in [2.45, 2.75) is 12.5 Å². The Labute approximate surface area is 151 Å². The van der Waals surface area contributed by atoms with Crippen molar-refractivity contribution in [1.29, 1.82) is 0 Å². The number of anilines is 1. The molecule has 0 spiro atoms. The normalized spacial score (nSPS) is 15.7. The summed E-state index contributed by atoms with van der Waals surface area (Å²) in [4.78, 5) is 4.50. The number of fused-ring (bicyclic) bond motifs is 2. The van der Waals surface area contributed by atoms with Gasteiger partial charge in [0.2, 0.25) is 0 Å². The predicted molar refractivity (Wildman–Crippen MR) is 105 cm³/mol. The van der Waals surface area contributed by atoms with Gasteiger partial charge in [0, 0.05) is 28.9 Å². The van der Waals surface area contributed by atoms with E-state index in [2.05, 4.69) is 41.4 Å². The molecule has 4 aromatic rings. The average molecular weight is 341 g/mol. The molecule has 1 aliphatic rings. The summed E-state index contributed by atoms with van der Waals surface area (Å²) < 4.78 is 1.61. The quantitative estimate of drug-likeness (QED) is 0.548. The Balaban J connectivity index is 1.80. The Morgan fingerprint density at radius 2 is 1.65 bits per heavy atom. The molecule has 2 aromatic carbocycles. The minimum absolute atomic E-state index is 0.0312. The van der Waals surface area contributed by atoms with Crippen LogP contribution >= 0.6 is 0 Å². The van der Waals surface area contributed by atoms with Gasteiger partial charge < -0.3 is 10.9 Å². The smallest absolute Gasteiger partial charge is 0.159 e. The first kappa shape index (κ1) is 15.0. The highest BCUT2D eigenvalue weighted by atomic mass is 15.4. The van der Waals surface area contributed by atoms with Crippen molar-refractivity contribution in [3.05, 3.63) is 84.2 Å². The predicted octanol–water partition coefficient (Wildman–Crippen LogP) is 3.39. The standard InChI is InChI=1S/C21H19N5/c22-25-13-17-19(12-14-6-2-1-3-7-14)26(23)18-9-5-4-8-15(18)16-10-11-24-21(25)20(16)17/h1-11,13,19H,12,22-23H2. The molecule has 1 atom stereocenters. The lowest BCUT2D eigenvalue weighted by atomic mass is 9.97. The molecule has 0 aliphatic carbocycles. The molecule has 3 heterocycles. The maximum atomic E-state index is 6.67. The maximum Gasteiger partial charge on any atom is 0.159 e. The highest BCUT2D eigenvalue weighted by molar-refractivity contribution is 6.01. The van der Waals surface area contributed by atoms with Gasteiger partial charge in [0.1, 0.15) is 0 Å². The fourth-order valence-corrected chi connectivity index (χ4v) is 3.97. The van der Waals surface area contributed by atoms with Crippen molar-refractivity contribution in [1.82, 2.24) is 9.66 Å². The van der Waals surface area contributed by atoms with Crippen molar-refractivity contribution in [2.75, 3.05) is 10.9 Å². The van der Waals surface area contributed by atoms with E-state index in [-0.39, 0.29) is 6.04 Å². The Hall–Kier alpha value is -3.31. The molecular formula is C21H19N5. The summed E-state index contributed by atoms with van der Waals surface area (Å²) in [5.74, 6) is 12.9. The molecule has 128 valence electrons. The van der Waals surface area contributed by atoms with Gasteiger partial charge in [0.15, 0.2) is 5.65 Å². The number of aromatic nitrogens is 2. The number of nitrogen functional groups attached to an aromatic ring is 1. The van der Waals surface area contributed by atoms with Crippen LogP contribution in [0.1, 0.15) is 17.2 Å². The van der Waals surface area contributed by atoms with E-state index in [0.717, 1.165) is 39.8 Å². The molecule has 5 nitrogen and oxygen atoms in total. The first-order valence-corrected chi connectivity index (χ1v) is 8.66. The molecule has 1 unspecified atom stereocenters. The second-order valence-corrected chi connectivity index (χ2v) is 6.68. The summed E-state index contributed by atoms with van der Waals surface area (Å²) in [6, 6.07) is 20.6. The number of nitrogens with zero attached hydrogens (tertiary/aromatic N) is 3. The molecule has 0 saturated carbocycles. The monoisotopic (exact) mass is 341 g/mol. The topological polar surface area (TPSA) is 73.1 Å². The Morgan fingerprint density at radius 1 is 0.885 bits per heavy atom. The Kier molecular flexibility index (Phi) is 3.23. The van der Waals surface area contributed by atoms with Gasteiger partial charge in [-0.3, -0.25) is 4.68 Å². The fraction of sp³-hybridized carbons (Fsp3) is 0.0952. The van der Waals surface area contributed by atoms with Crippen LogP contribution in [-0.2, 0) is 6.42 Å². The van der Waals surface area contributed by atoms with Crippen LogP contribution in [0, 0.1) is 0 Å². The summed E-state index contributed by atoms with van der Waals surface area (Å²) in [7, 11) is 0. The molecule has 0 amide bonds. The summed E-state index contributed by atoms with van der Waals surface area (Å²) in [5.41, 5.74) is 6.35. The van der Waals surface area contributed by atoms with Crippen LogP contribution in [0.25, 0.3) is 22.2 Å².